The Labute approximate surface area is 190 Å². The molecule has 0 unspecified atom stereocenters. The van der Waals surface area contributed by atoms with E-state index in [0.29, 0.717) is 29.3 Å². The molecule has 8 heteroatoms. The molecule has 0 fully saturated rings. The fourth-order valence-corrected chi connectivity index (χ4v) is 3.72. The molecule has 4 aromatic rings. The van der Waals surface area contributed by atoms with Gasteiger partial charge in [0.05, 0.1) is 17.8 Å². The van der Waals surface area contributed by atoms with Crippen LogP contribution in [0.25, 0.3) is 0 Å². The molecule has 3 heterocycles. The topological polar surface area (TPSA) is 113 Å². The lowest BCUT2D eigenvalue weighted by atomic mass is 10.1. The van der Waals surface area contributed by atoms with Crippen molar-refractivity contribution in [3.63, 3.8) is 0 Å². The van der Waals surface area contributed by atoms with E-state index < -0.39 is 0 Å². The highest BCUT2D eigenvalue weighted by molar-refractivity contribution is 6.09. The summed E-state index contributed by atoms with van der Waals surface area (Å²) >= 11 is 0. The number of anilines is 5. The van der Waals surface area contributed by atoms with Crippen LogP contribution >= 0.6 is 0 Å². The molecule has 5 rings (SSSR count). The standard InChI is InChI=1S/C25H20N6O2/c26-22-19(6-3-13-27-22)24(32)29-18-11-9-16(10-12-18)25(33)31-15-17-5-1-2-7-20(17)30-23-21(31)8-4-14-28-23/h1-14H,15H2,(H2,26,27)(H,28,30)(H,29,32). The molecule has 0 radical (unpaired) electrons. The lowest BCUT2D eigenvalue weighted by Crippen LogP contribution is -2.30. The smallest absolute Gasteiger partial charge is 0.259 e. The van der Waals surface area contributed by atoms with Crippen LogP contribution in [-0.4, -0.2) is 21.8 Å². The van der Waals surface area contributed by atoms with Gasteiger partial charge in [-0.05, 0) is 60.2 Å². The maximum Gasteiger partial charge on any atom is 0.259 e. The Kier molecular flexibility index (Phi) is 5.16. The number of carbonyl (C=O) groups excluding carboxylic acids is 2. The third-order valence-electron chi connectivity index (χ3n) is 5.39. The Morgan fingerprint density at radius 2 is 1.67 bits per heavy atom. The summed E-state index contributed by atoms with van der Waals surface area (Å²) in [5, 5.41) is 6.10. The van der Waals surface area contributed by atoms with Crippen molar-refractivity contribution in [2.45, 2.75) is 6.54 Å². The fourth-order valence-electron chi connectivity index (χ4n) is 3.72. The maximum absolute atomic E-state index is 13.5. The van der Waals surface area contributed by atoms with E-state index in [0.717, 1.165) is 11.3 Å². The number of amides is 2. The van der Waals surface area contributed by atoms with Crippen LogP contribution in [0.4, 0.5) is 28.7 Å². The van der Waals surface area contributed by atoms with Crippen molar-refractivity contribution < 1.29 is 9.59 Å². The van der Waals surface area contributed by atoms with Gasteiger partial charge in [-0.25, -0.2) is 9.97 Å². The van der Waals surface area contributed by atoms with Gasteiger partial charge in [0, 0.05) is 29.3 Å². The second-order valence-electron chi connectivity index (χ2n) is 7.51. The molecule has 0 bridgehead atoms. The van der Waals surface area contributed by atoms with Crippen molar-refractivity contribution in [1.82, 2.24) is 9.97 Å². The SMILES string of the molecule is Nc1ncccc1C(=O)Nc1ccc(C(=O)N2Cc3ccccc3Nc3ncccc32)cc1. The Morgan fingerprint density at radius 1 is 0.909 bits per heavy atom. The number of rotatable bonds is 3. The van der Waals surface area contributed by atoms with Crippen LogP contribution in [0.15, 0.2) is 85.2 Å². The molecule has 0 atom stereocenters. The van der Waals surface area contributed by atoms with E-state index in [1.807, 2.05) is 30.3 Å². The predicted molar refractivity (Wildman–Crippen MR) is 128 cm³/mol. The lowest BCUT2D eigenvalue weighted by molar-refractivity contribution is 0.0984. The first-order valence-electron chi connectivity index (χ1n) is 10.3. The molecule has 1 aliphatic rings. The molecule has 33 heavy (non-hydrogen) atoms. The number of nitrogens with two attached hydrogens (primary N) is 1. The van der Waals surface area contributed by atoms with Gasteiger partial charge in [0.25, 0.3) is 11.8 Å². The molecule has 0 saturated heterocycles. The fraction of sp³-hybridized carbons (Fsp3) is 0.0400. The number of hydrogen-bond donors (Lipinski definition) is 3. The van der Waals surface area contributed by atoms with Gasteiger partial charge in [0.2, 0.25) is 0 Å². The van der Waals surface area contributed by atoms with E-state index in [9.17, 15) is 9.59 Å². The van der Waals surface area contributed by atoms with Crippen molar-refractivity contribution in [1.29, 1.82) is 0 Å². The van der Waals surface area contributed by atoms with Crippen molar-refractivity contribution >= 4 is 40.5 Å². The van der Waals surface area contributed by atoms with Crippen LogP contribution < -0.4 is 21.3 Å². The van der Waals surface area contributed by atoms with Crippen LogP contribution in [0.5, 0.6) is 0 Å². The average molecular weight is 436 g/mol. The molecule has 2 amide bonds. The van der Waals surface area contributed by atoms with Gasteiger partial charge < -0.3 is 21.3 Å². The molecule has 2 aromatic carbocycles. The Bertz CT molecular complexity index is 1350. The minimum atomic E-state index is -0.366. The third kappa shape index (κ3) is 3.97. The van der Waals surface area contributed by atoms with Gasteiger partial charge >= 0.3 is 0 Å². The number of nitrogen functional groups attached to an aromatic ring is 1. The van der Waals surface area contributed by atoms with E-state index in [-0.39, 0.29) is 23.2 Å². The molecule has 0 aliphatic carbocycles. The monoisotopic (exact) mass is 436 g/mol. The average Bonchev–Trinajstić information content (AvgIpc) is 3.01. The summed E-state index contributed by atoms with van der Waals surface area (Å²) in [6.45, 7) is 0.402. The van der Waals surface area contributed by atoms with Gasteiger partial charge in [-0.2, -0.15) is 0 Å². The number of fused-ring (bicyclic) bond motifs is 2. The highest BCUT2D eigenvalue weighted by Gasteiger charge is 2.25. The molecular formula is C25H20N6O2. The minimum Gasteiger partial charge on any atom is -0.383 e. The minimum absolute atomic E-state index is 0.157. The van der Waals surface area contributed by atoms with E-state index in [1.54, 1.807) is 53.6 Å². The quantitative estimate of drug-likeness (QED) is 0.443. The van der Waals surface area contributed by atoms with Gasteiger partial charge in [-0.15, -0.1) is 0 Å². The van der Waals surface area contributed by atoms with Crippen LogP contribution in [0.3, 0.4) is 0 Å². The van der Waals surface area contributed by atoms with Gasteiger partial charge in [-0.1, -0.05) is 18.2 Å². The summed E-state index contributed by atoms with van der Waals surface area (Å²) in [6.07, 6.45) is 3.21. The zero-order valence-corrected chi connectivity index (χ0v) is 17.5. The first-order chi connectivity index (χ1) is 16.1. The molecule has 2 aromatic heterocycles. The van der Waals surface area contributed by atoms with E-state index in [1.165, 1.54) is 6.20 Å². The second-order valence-corrected chi connectivity index (χ2v) is 7.51. The molecule has 1 aliphatic heterocycles. The molecule has 162 valence electrons. The van der Waals surface area contributed by atoms with Crippen molar-refractivity contribution in [3.8, 4) is 0 Å². The van der Waals surface area contributed by atoms with Crippen molar-refractivity contribution in [2.24, 2.45) is 0 Å². The Balaban J connectivity index is 1.40. The molecule has 0 saturated carbocycles. The highest BCUT2D eigenvalue weighted by atomic mass is 16.2. The summed E-state index contributed by atoms with van der Waals surface area (Å²) in [5.41, 5.74) is 9.70. The van der Waals surface area contributed by atoms with Crippen molar-refractivity contribution in [2.75, 3.05) is 21.3 Å². The molecule has 8 nitrogen and oxygen atoms in total. The van der Waals surface area contributed by atoms with Gasteiger partial charge in [-0.3, -0.25) is 9.59 Å². The number of nitrogens with one attached hydrogen (secondary N) is 2. The third-order valence-corrected chi connectivity index (χ3v) is 5.39. The highest BCUT2D eigenvalue weighted by Crippen LogP contribution is 2.34. The largest absolute Gasteiger partial charge is 0.383 e. The van der Waals surface area contributed by atoms with Crippen molar-refractivity contribution in [3.05, 3.63) is 102 Å². The normalized spacial score (nSPS) is 12.1. The summed E-state index contributed by atoms with van der Waals surface area (Å²) in [7, 11) is 0. The summed E-state index contributed by atoms with van der Waals surface area (Å²) in [6, 6.07) is 21.5. The Morgan fingerprint density at radius 3 is 2.48 bits per heavy atom. The first-order valence-corrected chi connectivity index (χ1v) is 10.3. The lowest BCUT2D eigenvalue weighted by Gasteiger charge is -2.22. The zero-order valence-electron chi connectivity index (χ0n) is 17.5. The maximum atomic E-state index is 13.5. The van der Waals surface area contributed by atoms with Gasteiger partial charge in [0.1, 0.15) is 5.82 Å². The van der Waals surface area contributed by atoms with E-state index in [2.05, 4.69) is 20.6 Å². The number of para-hydroxylation sites is 1. The first kappa shape index (κ1) is 20.2. The zero-order chi connectivity index (χ0) is 22.8. The summed E-state index contributed by atoms with van der Waals surface area (Å²) in [5.74, 6) is 0.241. The number of aromatic nitrogens is 2. The summed E-state index contributed by atoms with van der Waals surface area (Å²) in [4.78, 5) is 36.0. The molecule has 4 N–H and O–H groups in total. The number of benzene rings is 2. The van der Waals surface area contributed by atoms with E-state index >= 15 is 0 Å². The number of nitrogens with zero attached hydrogens (tertiary/aromatic N) is 3. The number of hydrogen-bond acceptors (Lipinski definition) is 6. The molecular weight excluding hydrogens is 416 g/mol. The summed E-state index contributed by atoms with van der Waals surface area (Å²) < 4.78 is 0. The van der Waals surface area contributed by atoms with Crippen LogP contribution in [0, 0.1) is 0 Å². The van der Waals surface area contributed by atoms with Gasteiger partial charge in [0.15, 0.2) is 5.82 Å². The number of carbonyl (C=O) groups is 2. The van der Waals surface area contributed by atoms with Crippen LogP contribution in [0.1, 0.15) is 26.3 Å². The second kappa shape index (κ2) is 8.43. The Hall–Kier alpha value is -4.72. The number of pyridine rings is 2. The van der Waals surface area contributed by atoms with Crippen LogP contribution in [0.2, 0.25) is 0 Å². The molecule has 0 spiro atoms. The van der Waals surface area contributed by atoms with Crippen LogP contribution in [-0.2, 0) is 6.54 Å². The van der Waals surface area contributed by atoms with E-state index in [4.69, 9.17) is 5.73 Å². The predicted octanol–water partition coefficient (Wildman–Crippen LogP) is 4.22.